The van der Waals surface area contributed by atoms with E-state index in [-0.39, 0.29) is 17.6 Å². The first-order chi connectivity index (χ1) is 10.1. The van der Waals surface area contributed by atoms with E-state index in [0.717, 1.165) is 29.5 Å². The van der Waals surface area contributed by atoms with Crippen LogP contribution in [-0.4, -0.2) is 17.3 Å². The molecule has 3 rings (SSSR count). The van der Waals surface area contributed by atoms with Gasteiger partial charge in [-0.2, -0.15) is 0 Å². The third-order valence-corrected chi connectivity index (χ3v) is 3.90. The molecule has 0 saturated heterocycles. The summed E-state index contributed by atoms with van der Waals surface area (Å²) < 4.78 is 11.0. The summed E-state index contributed by atoms with van der Waals surface area (Å²) >= 11 is 0. The summed E-state index contributed by atoms with van der Waals surface area (Å²) in [5, 5.41) is 19.7. The molecule has 2 aromatic carbocycles. The van der Waals surface area contributed by atoms with Crippen molar-refractivity contribution in [1.82, 2.24) is 0 Å². The molecule has 0 saturated carbocycles. The average Bonchev–Trinajstić information content (AvgIpc) is 2.48. The van der Waals surface area contributed by atoms with Crippen LogP contribution in [0.15, 0.2) is 30.3 Å². The molecule has 4 heteroatoms. The molecule has 0 aromatic heterocycles. The molecule has 0 unspecified atom stereocenters. The Hall–Kier alpha value is -2.36. The van der Waals surface area contributed by atoms with Gasteiger partial charge in [-0.1, -0.05) is 6.07 Å². The predicted octanol–water partition coefficient (Wildman–Crippen LogP) is 3.48. The van der Waals surface area contributed by atoms with Crippen LogP contribution in [0.25, 0.3) is 0 Å². The average molecular weight is 286 g/mol. The maximum Gasteiger partial charge on any atom is 0.160 e. The zero-order chi connectivity index (χ0) is 15.0. The minimum absolute atomic E-state index is 0.108. The fourth-order valence-electron chi connectivity index (χ4n) is 2.68. The van der Waals surface area contributed by atoms with E-state index in [9.17, 15) is 10.2 Å². The highest BCUT2D eigenvalue weighted by Gasteiger charge is 2.23. The lowest BCUT2D eigenvalue weighted by Crippen LogP contribution is -2.15. The number of methoxy groups -OCH3 is 1. The van der Waals surface area contributed by atoms with Crippen LogP contribution in [0.5, 0.6) is 23.0 Å². The highest BCUT2D eigenvalue weighted by atomic mass is 16.5. The molecule has 2 N–H and O–H groups in total. The Morgan fingerprint density at radius 2 is 1.95 bits per heavy atom. The van der Waals surface area contributed by atoms with Crippen LogP contribution in [0.1, 0.15) is 29.2 Å². The number of ether oxygens (including phenoxy) is 2. The minimum Gasteiger partial charge on any atom is -0.508 e. The summed E-state index contributed by atoms with van der Waals surface area (Å²) in [7, 11) is 1.52. The van der Waals surface area contributed by atoms with Gasteiger partial charge in [0.2, 0.25) is 0 Å². The molecule has 1 aliphatic heterocycles. The molecule has 4 nitrogen and oxygen atoms in total. The Kier molecular flexibility index (Phi) is 3.37. The van der Waals surface area contributed by atoms with E-state index in [1.54, 1.807) is 18.2 Å². The maximum absolute atomic E-state index is 9.88. The molecular formula is C17H18O4. The second-order valence-corrected chi connectivity index (χ2v) is 5.32. The minimum atomic E-state index is -0.128. The van der Waals surface area contributed by atoms with Gasteiger partial charge < -0.3 is 19.7 Å². The quantitative estimate of drug-likeness (QED) is 0.887. The highest BCUT2D eigenvalue weighted by molar-refractivity contribution is 5.48. The van der Waals surface area contributed by atoms with Gasteiger partial charge in [0.15, 0.2) is 11.5 Å². The number of hydrogen-bond acceptors (Lipinski definition) is 4. The Bertz CT molecular complexity index is 679. The predicted molar refractivity (Wildman–Crippen MR) is 79.2 cm³/mol. The smallest absolute Gasteiger partial charge is 0.160 e. The molecule has 0 bridgehead atoms. The number of benzene rings is 2. The van der Waals surface area contributed by atoms with Crippen LogP contribution in [-0.2, 0) is 6.42 Å². The fourth-order valence-corrected chi connectivity index (χ4v) is 2.68. The molecule has 1 aliphatic rings. The Morgan fingerprint density at radius 1 is 1.14 bits per heavy atom. The summed E-state index contributed by atoms with van der Waals surface area (Å²) in [6.07, 6.45) is 1.59. The first-order valence-electron chi connectivity index (χ1n) is 6.94. The van der Waals surface area contributed by atoms with Gasteiger partial charge in [-0.05, 0) is 54.7 Å². The largest absolute Gasteiger partial charge is 0.508 e. The summed E-state index contributed by atoms with van der Waals surface area (Å²) in [4.78, 5) is 0. The van der Waals surface area contributed by atoms with Crippen molar-refractivity contribution in [1.29, 1.82) is 0 Å². The number of phenols is 2. The molecule has 21 heavy (non-hydrogen) atoms. The van der Waals surface area contributed by atoms with E-state index in [2.05, 4.69) is 0 Å². The van der Waals surface area contributed by atoms with Crippen LogP contribution < -0.4 is 9.47 Å². The molecule has 1 heterocycles. The molecule has 0 radical (unpaired) electrons. The van der Waals surface area contributed by atoms with Crippen LogP contribution in [0.4, 0.5) is 0 Å². The third-order valence-electron chi connectivity index (χ3n) is 3.90. The Balaban J connectivity index is 1.89. The molecular weight excluding hydrogens is 268 g/mol. The molecule has 1 atom stereocenters. The molecule has 2 aromatic rings. The SMILES string of the molecule is COc1ccc([C@@H]2CCc3cc(C)c(O)cc3O2)cc1O. The first kappa shape index (κ1) is 13.6. The van der Waals surface area contributed by atoms with E-state index in [0.29, 0.717) is 11.5 Å². The van der Waals surface area contributed by atoms with Crippen molar-refractivity contribution >= 4 is 0 Å². The second-order valence-electron chi connectivity index (χ2n) is 5.32. The van der Waals surface area contributed by atoms with Gasteiger partial charge in [0.1, 0.15) is 17.6 Å². The monoisotopic (exact) mass is 286 g/mol. The number of fused-ring (bicyclic) bond motifs is 1. The van der Waals surface area contributed by atoms with Crippen molar-refractivity contribution < 1.29 is 19.7 Å². The summed E-state index contributed by atoms with van der Waals surface area (Å²) in [6.45, 7) is 1.88. The van der Waals surface area contributed by atoms with E-state index >= 15 is 0 Å². The summed E-state index contributed by atoms with van der Waals surface area (Å²) in [6, 6.07) is 8.92. The molecule has 0 fully saturated rings. The van der Waals surface area contributed by atoms with Gasteiger partial charge in [0.05, 0.1) is 7.11 Å². The van der Waals surface area contributed by atoms with Crippen LogP contribution in [0.3, 0.4) is 0 Å². The van der Waals surface area contributed by atoms with Gasteiger partial charge >= 0.3 is 0 Å². The number of hydrogen-bond donors (Lipinski definition) is 2. The van der Waals surface area contributed by atoms with Crippen LogP contribution in [0, 0.1) is 6.92 Å². The number of aryl methyl sites for hydroxylation is 2. The topological polar surface area (TPSA) is 58.9 Å². The molecule has 0 amide bonds. The van der Waals surface area contributed by atoms with Crippen molar-refractivity contribution in [2.75, 3.05) is 7.11 Å². The molecule has 0 spiro atoms. The van der Waals surface area contributed by atoms with Crippen molar-refractivity contribution in [2.45, 2.75) is 25.9 Å². The van der Waals surface area contributed by atoms with Gasteiger partial charge in [0.25, 0.3) is 0 Å². The van der Waals surface area contributed by atoms with Gasteiger partial charge in [-0.3, -0.25) is 0 Å². The van der Waals surface area contributed by atoms with Crippen molar-refractivity contribution in [3.63, 3.8) is 0 Å². The van der Waals surface area contributed by atoms with Crippen molar-refractivity contribution in [3.8, 4) is 23.0 Å². The van der Waals surface area contributed by atoms with Gasteiger partial charge in [0, 0.05) is 6.07 Å². The number of phenolic OH excluding ortho intramolecular Hbond substituents is 2. The van der Waals surface area contributed by atoms with E-state index in [1.165, 1.54) is 7.11 Å². The maximum atomic E-state index is 9.88. The summed E-state index contributed by atoms with van der Waals surface area (Å²) in [5.41, 5.74) is 2.87. The van der Waals surface area contributed by atoms with Crippen molar-refractivity contribution in [3.05, 3.63) is 47.0 Å². The lowest BCUT2D eigenvalue weighted by molar-refractivity contribution is 0.175. The Labute approximate surface area is 123 Å². The van der Waals surface area contributed by atoms with Crippen LogP contribution in [0.2, 0.25) is 0 Å². The number of rotatable bonds is 2. The van der Waals surface area contributed by atoms with Crippen molar-refractivity contribution in [2.24, 2.45) is 0 Å². The lowest BCUT2D eigenvalue weighted by Gasteiger charge is -2.27. The van der Waals surface area contributed by atoms with Crippen LogP contribution >= 0.6 is 0 Å². The summed E-state index contributed by atoms with van der Waals surface area (Å²) in [5.74, 6) is 1.51. The Morgan fingerprint density at radius 3 is 2.67 bits per heavy atom. The molecule has 0 aliphatic carbocycles. The van der Waals surface area contributed by atoms with Gasteiger partial charge in [-0.25, -0.2) is 0 Å². The van der Waals surface area contributed by atoms with Gasteiger partial charge in [-0.15, -0.1) is 0 Å². The lowest BCUT2D eigenvalue weighted by atomic mass is 9.96. The third kappa shape index (κ3) is 2.49. The van der Waals surface area contributed by atoms with E-state index in [1.807, 2.05) is 19.1 Å². The second kappa shape index (κ2) is 5.20. The highest BCUT2D eigenvalue weighted by Crippen LogP contribution is 2.39. The first-order valence-corrected chi connectivity index (χ1v) is 6.94. The zero-order valence-electron chi connectivity index (χ0n) is 12.1. The van der Waals surface area contributed by atoms with E-state index < -0.39 is 0 Å². The number of aromatic hydroxyl groups is 2. The van der Waals surface area contributed by atoms with E-state index in [4.69, 9.17) is 9.47 Å². The fraction of sp³-hybridized carbons (Fsp3) is 0.294. The molecule has 110 valence electrons. The zero-order valence-corrected chi connectivity index (χ0v) is 12.1. The standard InChI is InChI=1S/C17H18O4/c1-10-7-11-3-5-15(21-17(11)9-13(10)18)12-4-6-16(20-2)14(19)8-12/h4,6-9,15,18-19H,3,5H2,1-2H3/t15-/m0/s1. The normalized spacial score (nSPS) is 17.0.